The lowest BCUT2D eigenvalue weighted by atomic mass is 10.1. The Morgan fingerprint density at radius 2 is 2.00 bits per heavy atom. The zero-order valence-corrected chi connectivity index (χ0v) is 6.52. The SMILES string of the molecule is CC([PH])CC(C)CO. The lowest BCUT2D eigenvalue weighted by molar-refractivity contribution is 0.230. The van der Waals surface area contributed by atoms with Gasteiger partial charge in [0, 0.05) is 6.61 Å². The standard InChI is InChI=1S/C6H14OP/c1-5(4-7)3-6(2)8/h5-8H,3-4H2,1-2H3. The van der Waals surface area contributed by atoms with Gasteiger partial charge in [-0.2, -0.15) is 0 Å². The van der Waals surface area contributed by atoms with Crippen LogP contribution < -0.4 is 0 Å². The van der Waals surface area contributed by atoms with E-state index >= 15 is 0 Å². The minimum Gasteiger partial charge on any atom is -0.396 e. The normalized spacial score (nSPS) is 18.0. The highest BCUT2D eigenvalue weighted by Crippen LogP contribution is 2.10. The molecule has 0 spiro atoms. The van der Waals surface area contributed by atoms with E-state index in [2.05, 4.69) is 16.2 Å². The molecule has 2 heteroatoms. The zero-order valence-electron chi connectivity index (χ0n) is 5.52. The van der Waals surface area contributed by atoms with Crippen molar-refractivity contribution in [3.8, 4) is 0 Å². The van der Waals surface area contributed by atoms with Crippen molar-refractivity contribution >= 4 is 9.24 Å². The molecule has 0 amide bonds. The number of rotatable bonds is 3. The quantitative estimate of drug-likeness (QED) is 0.579. The van der Waals surface area contributed by atoms with Gasteiger partial charge in [-0.3, -0.25) is 0 Å². The molecule has 1 nitrogen and oxygen atoms in total. The Morgan fingerprint density at radius 1 is 1.50 bits per heavy atom. The van der Waals surface area contributed by atoms with Crippen molar-refractivity contribution in [1.29, 1.82) is 0 Å². The van der Waals surface area contributed by atoms with Crippen LogP contribution in [-0.2, 0) is 0 Å². The van der Waals surface area contributed by atoms with Crippen LogP contribution in [0.25, 0.3) is 0 Å². The third kappa shape index (κ3) is 4.55. The first-order valence-corrected chi connectivity index (χ1v) is 3.56. The molecule has 0 rings (SSSR count). The molecular formula is C6H14OP. The third-order valence-electron chi connectivity index (χ3n) is 1.07. The Hall–Kier alpha value is 0.390. The molecule has 0 heterocycles. The first-order valence-electron chi connectivity index (χ1n) is 2.98. The van der Waals surface area contributed by atoms with Crippen LogP contribution in [0.2, 0.25) is 0 Å². The second kappa shape index (κ2) is 4.29. The Bertz CT molecular complexity index is 54.5. The summed E-state index contributed by atoms with van der Waals surface area (Å²) in [7, 11) is 3.45. The van der Waals surface area contributed by atoms with Gasteiger partial charge in [0.1, 0.15) is 0 Å². The van der Waals surface area contributed by atoms with Crippen LogP contribution in [-0.4, -0.2) is 17.4 Å². The van der Waals surface area contributed by atoms with Gasteiger partial charge in [-0.25, -0.2) is 0 Å². The molecule has 0 aliphatic rings. The van der Waals surface area contributed by atoms with Gasteiger partial charge in [0.25, 0.3) is 0 Å². The van der Waals surface area contributed by atoms with Crippen LogP contribution in [0, 0.1) is 5.92 Å². The van der Waals surface area contributed by atoms with E-state index in [1.807, 2.05) is 6.92 Å². The Labute approximate surface area is 53.7 Å². The highest BCUT2D eigenvalue weighted by molar-refractivity contribution is 7.17. The highest BCUT2D eigenvalue weighted by Gasteiger charge is 2.01. The topological polar surface area (TPSA) is 20.2 Å². The van der Waals surface area contributed by atoms with E-state index in [1.54, 1.807) is 0 Å². The molecule has 0 aromatic heterocycles. The summed E-state index contributed by atoms with van der Waals surface area (Å²) in [6.45, 7) is 4.43. The number of aliphatic hydroxyl groups is 1. The molecule has 0 fully saturated rings. The fraction of sp³-hybridized carbons (Fsp3) is 1.00. The van der Waals surface area contributed by atoms with E-state index in [0.717, 1.165) is 6.42 Å². The number of aliphatic hydroxyl groups excluding tert-OH is 1. The molecule has 2 atom stereocenters. The first kappa shape index (κ1) is 8.39. The predicted octanol–water partition coefficient (Wildman–Crippen LogP) is 1.54. The van der Waals surface area contributed by atoms with Gasteiger partial charge < -0.3 is 5.11 Å². The van der Waals surface area contributed by atoms with E-state index in [0.29, 0.717) is 18.2 Å². The third-order valence-corrected chi connectivity index (χ3v) is 1.30. The summed E-state index contributed by atoms with van der Waals surface area (Å²) in [5, 5.41) is 8.56. The smallest absolute Gasteiger partial charge is 0.0456 e. The molecule has 0 aromatic carbocycles. The van der Waals surface area contributed by atoms with Crippen molar-refractivity contribution in [2.45, 2.75) is 25.9 Å². The minimum atomic E-state index is 0.300. The molecule has 0 saturated carbocycles. The van der Waals surface area contributed by atoms with Crippen LogP contribution >= 0.6 is 9.24 Å². The van der Waals surface area contributed by atoms with Gasteiger partial charge in [-0.15, -0.1) is 0 Å². The van der Waals surface area contributed by atoms with Crippen LogP contribution in [0.3, 0.4) is 0 Å². The van der Waals surface area contributed by atoms with Crippen molar-refractivity contribution in [2.24, 2.45) is 5.92 Å². The number of hydrogen-bond donors (Lipinski definition) is 1. The summed E-state index contributed by atoms with van der Waals surface area (Å²) in [6.07, 6.45) is 1.05. The summed E-state index contributed by atoms with van der Waals surface area (Å²) in [6, 6.07) is 0. The summed E-state index contributed by atoms with van der Waals surface area (Å²) in [4.78, 5) is 0. The second-order valence-corrected chi connectivity index (χ2v) is 3.41. The van der Waals surface area contributed by atoms with Crippen molar-refractivity contribution in [3.63, 3.8) is 0 Å². The molecule has 0 aliphatic heterocycles. The second-order valence-electron chi connectivity index (χ2n) is 2.42. The summed E-state index contributed by atoms with van der Waals surface area (Å²) >= 11 is 0. The van der Waals surface area contributed by atoms with Crippen molar-refractivity contribution in [2.75, 3.05) is 6.61 Å². The van der Waals surface area contributed by atoms with E-state index < -0.39 is 0 Å². The number of hydrogen-bond acceptors (Lipinski definition) is 1. The lowest BCUT2D eigenvalue weighted by Crippen LogP contribution is -2.05. The average Bonchev–Trinajstić information content (AvgIpc) is 1.65. The molecule has 0 bridgehead atoms. The molecule has 0 saturated heterocycles. The largest absolute Gasteiger partial charge is 0.396 e. The van der Waals surface area contributed by atoms with Crippen LogP contribution in [0.5, 0.6) is 0 Å². The maximum atomic E-state index is 8.56. The van der Waals surface area contributed by atoms with Crippen LogP contribution in [0.15, 0.2) is 0 Å². The summed E-state index contributed by atoms with van der Waals surface area (Å²) in [5.74, 6) is 0.433. The molecule has 0 aromatic rings. The van der Waals surface area contributed by atoms with Crippen LogP contribution in [0.4, 0.5) is 0 Å². The van der Waals surface area contributed by atoms with E-state index in [-0.39, 0.29) is 0 Å². The van der Waals surface area contributed by atoms with Crippen molar-refractivity contribution in [3.05, 3.63) is 0 Å². The van der Waals surface area contributed by atoms with Crippen molar-refractivity contribution in [1.82, 2.24) is 0 Å². The van der Waals surface area contributed by atoms with Crippen molar-refractivity contribution < 1.29 is 5.11 Å². The first-order chi connectivity index (χ1) is 3.66. The molecule has 8 heavy (non-hydrogen) atoms. The molecule has 0 aliphatic carbocycles. The van der Waals surface area contributed by atoms with E-state index in [9.17, 15) is 0 Å². The lowest BCUT2D eigenvalue weighted by Gasteiger charge is -2.08. The van der Waals surface area contributed by atoms with E-state index in [1.165, 1.54) is 0 Å². The highest BCUT2D eigenvalue weighted by atomic mass is 31.0. The molecule has 49 valence electrons. The summed E-state index contributed by atoms with van der Waals surface area (Å²) < 4.78 is 0. The molecule has 1 radical (unpaired) electrons. The predicted molar refractivity (Wildman–Crippen MR) is 38.6 cm³/mol. The Kier molecular flexibility index (Phi) is 4.50. The fourth-order valence-electron chi connectivity index (χ4n) is 0.678. The molecular weight excluding hydrogens is 119 g/mol. The average molecular weight is 133 g/mol. The Balaban J connectivity index is 3.10. The molecule has 1 N–H and O–H groups in total. The zero-order chi connectivity index (χ0) is 6.57. The minimum absolute atomic E-state index is 0.300. The van der Waals surface area contributed by atoms with Gasteiger partial charge in [-0.05, 0) is 18.0 Å². The van der Waals surface area contributed by atoms with Gasteiger partial charge in [-0.1, -0.05) is 23.1 Å². The Morgan fingerprint density at radius 3 is 2.12 bits per heavy atom. The maximum Gasteiger partial charge on any atom is 0.0456 e. The van der Waals surface area contributed by atoms with Gasteiger partial charge in [0.2, 0.25) is 0 Å². The van der Waals surface area contributed by atoms with E-state index in [4.69, 9.17) is 5.11 Å². The van der Waals surface area contributed by atoms with Gasteiger partial charge in [0.05, 0.1) is 0 Å². The van der Waals surface area contributed by atoms with Gasteiger partial charge in [0.15, 0.2) is 0 Å². The van der Waals surface area contributed by atoms with Gasteiger partial charge >= 0.3 is 0 Å². The maximum absolute atomic E-state index is 8.56. The van der Waals surface area contributed by atoms with Crippen LogP contribution in [0.1, 0.15) is 20.3 Å². The monoisotopic (exact) mass is 133 g/mol. The molecule has 2 unspecified atom stereocenters. The fourth-order valence-corrected chi connectivity index (χ4v) is 1.08. The summed E-state index contributed by atoms with van der Waals surface area (Å²) in [5.41, 5.74) is 0.525.